The predicted octanol–water partition coefficient (Wildman–Crippen LogP) is 2.08. The van der Waals surface area contributed by atoms with Crippen molar-refractivity contribution >= 4 is 24.5 Å². The molecule has 29 heavy (non-hydrogen) atoms. The van der Waals surface area contributed by atoms with Gasteiger partial charge < -0.3 is 20.3 Å². The van der Waals surface area contributed by atoms with Crippen LogP contribution < -0.4 is 10.2 Å². The molecule has 2 fully saturated rings. The smallest absolute Gasteiger partial charge is 0.426 e. The van der Waals surface area contributed by atoms with E-state index in [9.17, 15) is 24.0 Å². The Morgan fingerprint density at radius 1 is 1.28 bits per heavy atom. The van der Waals surface area contributed by atoms with Crippen LogP contribution >= 0.6 is 0 Å². The number of hydrogen-bond acceptors (Lipinski definition) is 5. The first-order valence-corrected chi connectivity index (χ1v) is 10.4. The third kappa shape index (κ3) is 4.81. The first kappa shape index (κ1) is 21.8. The first-order valence-electron chi connectivity index (χ1n) is 10.4. The maximum atomic E-state index is 13.2. The molecule has 0 bridgehead atoms. The van der Waals surface area contributed by atoms with Crippen LogP contribution in [0.4, 0.5) is 10.1 Å². The fourth-order valence-corrected chi connectivity index (χ4v) is 4.29. The van der Waals surface area contributed by atoms with Crippen LogP contribution in [0.25, 0.3) is 0 Å². The van der Waals surface area contributed by atoms with Crippen LogP contribution in [0.3, 0.4) is 0 Å². The summed E-state index contributed by atoms with van der Waals surface area (Å²) in [5, 5.41) is 22.0. The molecular formula is C21H30BFN2O4. The zero-order valence-electron chi connectivity index (χ0n) is 17.1. The molecule has 1 amide bonds. The van der Waals surface area contributed by atoms with Crippen molar-refractivity contribution in [3.05, 3.63) is 30.1 Å². The molecule has 0 aromatic heterocycles. The normalized spacial score (nSPS) is 21.2. The molecular weight excluding hydrogens is 374 g/mol. The summed E-state index contributed by atoms with van der Waals surface area (Å²) in [4.78, 5) is 27.9. The molecule has 8 heteroatoms. The van der Waals surface area contributed by atoms with E-state index >= 15 is 0 Å². The maximum Gasteiger partial charge on any atom is 0.475 e. The molecule has 2 aliphatic rings. The van der Waals surface area contributed by atoms with Crippen LogP contribution in [0.5, 0.6) is 0 Å². The summed E-state index contributed by atoms with van der Waals surface area (Å²) in [7, 11) is -1.63. The van der Waals surface area contributed by atoms with Crippen molar-refractivity contribution < 1.29 is 24.0 Å². The van der Waals surface area contributed by atoms with Gasteiger partial charge in [0.05, 0.1) is 17.4 Å². The molecule has 1 aliphatic heterocycles. The van der Waals surface area contributed by atoms with Crippen LogP contribution in [0.1, 0.15) is 52.4 Å². The number of halogens is 1. The number of hydrogen-bond donors (Lipinski definition) is 3. The molecule has 2 atom stereocenters. The molecule has 0 radical (unpaired) electrons. The third-order valence-corrected chi connectivity index (χ3v) is 6.26. The van der Waals surface area contributed by atoms with Crippen molar-refractivity contribution in [3.8, 4) is 0 Å². The second kappa shape index (κ2) is 8.84. The van der Waals surface area contributed by atoms with Crippen LogP contribution in [0.2, 0.25) is 0 Å². The van der Waals surface area contributed by atoms with Crippen LogP contribution in [-0.4, -0.2) is 47.4 Å². The van der Waals surface area contributed by atoms with Crippen LogP contribution in [0, 0.1) is 17.2 Å². The number of carbonyl (C=O) groups excluding carboxylic acids is 2. The number of carbonyl (C=O) groups is 2. The van der Waals surface area contributed by atoms with Gasteiger partial charge in [0.15, 0.2) is 5.78 Å². The van der Waals surface area contributed by atoms with Crippen molar-refractivity contribution in [1.82, 2.24) is 5.32 Å². The number of nitrogens with zero attached hydrogens (tertiary/aromatic N) is 1. The quantitative estimate of drug-likeness (QED) is 0.549. The van der Waals surface area contributed by atoms with Gasteiger partial charge in [-0.2, -0.15) is 0 Å². The van der Waals surface area contributed by atoms with E-state index in [1.165, 1.54) is 12.1 Å². The highest BCUT2D eigenvalue weighted by atomic mass is 19.1. The fourth-order valence-electron chi connectivity index (χ4n) is 4.29. The van der Waals surface area contributed by atoms with Crippen molar-refractivity contribution in [2.75, 3.05) is 11.4 Å². The molecule has 158 valence electrons. The molecule has 2 unspecified atom stereocenters. The van der Waals surface area contributed by atoms with E-state index in [1.807, 2.05) is 18.7 Å². The molecule has 1 heterocycles. The van der Waals surface area contributed by atoms with E-state index in [-0.39, 0.29) is 35.9 Å². The topological polar surface area (TPSA) is 89.9 Å². The van der Waals surface area contributed by atoms with E-state index < -0.39 is 18.5 Å². The van der Waals surface area contributed by atoms with E-state index in [0.717, 1.165) is 25.1 Å². The molecule has 1 aromatic rings. The van der Waals surface area contributed by atoms with Crippen molar-refractivity contribution in [1.29, 1.82) is 0 Å². The Morgan fingerprint density at radius 2 is 1.93 bits per heavy atom. The Labute approximate surface area is 171 Å². The molecule has 3 rings (SSSR count). The van der Waals surface area contributed by atoms with Gasteiger partial charge in [0.1, 0.15) is 5.82 Å². The maximum absolute atomic E-state index is 13.2. The van der Waals surface area contributed by atoms with Gasteiger partial charge in [-0.15, -0.1) is 0 Å². The Bertz CT molecular complexity index is 737. The van der Waals surface area contributed by atoms with E-state index in [2.05, 4.69) is 5.32 Å². The fraction of sp³-hybridized carbons (Fsp3) is 0.619. The van der Waals surface area contributed by atoms with E-state index in [4.69, 9.17) is 0 Å². The number of rotatable bonds is 9. The minimum Gasteiger partial charge on any atom is -0.426 e. The lowest BCUT2D eigenvalue weighted by Crippen LogP contribution is -2.58. The van der Waals surface area contributed by atoms with Gasteiger partial charge in [-0.25, -0.2) is 4.39 Å². The average Bonchev–Trinajstić information content (AvgIpc) is 2.57. The van der Waals surface area contributed by atoms with Gasteiger partial charge in [0.2, 0.25) is 5.91 Å². The second-order valence-corrected chi connectivity index (χ2v) is 8.87. The number of Topliss-reactive ketones (excluding diaryl/α,β-unsaturated/α-hetero) is 1. The average molecular weight is 404 g/mol. The molecule has 1 aromatic carbocycles. The molecule has 1 aliphatic carbocycles. The number of anilines is 1. The predicted molar refractivity (Wildman–Crippen MR) is 110 cm³/mol. The second-order valence-electron chi connectivity index (χ2n) is 8.87. The molecule has 6 nitrogen and oxygen atoms in total. The Balaban J connectivity index is 1.64. The van der Waals surface area contributed by atoms with Gasteiger partial charge in [-0.3, -0.25) is 9.59 Å². The summed E-state index contributed by atoms with van der Waals surface area (Å²) in [5.74, 6) is -1.11. The number of ketones is 1. The summed E-state index contributed by atoms with van der Waals surface area (Å²) < 4.78 is 13.2. The molecule has 0 spiro atoms. The van der Waals surface area contributed by atoms with Crippen molar-refractivity contribution in [3.63, 3.8) is 0 Å². The molecule has 1 saturated heterocycles. The molecule has 3 N–H and O–H groups in total. The van der Waals surface area contributed by atoms with Gasteiger partial charge >= 0.3 is 7.12 Å². The monoisotopic (exact) mass is 404 g/mol. The first-order chi connectivity index (χ1) is 13.7. The van der Waals surface area contributed by atoms with Crippen molar-refractivity contribution in [2.24, 2.45) is 11.3 Å². The third-order valence-electron chi connectivity index (χ3n) is 6.26. The van der Waals surface area contributed by atoms with Gasteiger partial charge in [0, 0.05) is 18.7 Å². The lowest BCUT2D eigenvalue weighted by Gasteiger charge is -2.46. The van der Waals surface area contributed by atoms with E-state index in [0.29, 0.717) is 19.3 Å². The largest absolute Gasteiger partial charge is 0.475 e. The number of benzene rings is 1. The summed E-state index contributed by atoms with van der Waals surface area (Å²) in [6.07, 6.45) is 3.46. The minimum absolute atomic E-state index is 0.0142. The summed E-state index contributed by atoms with van der Waals surface area (Å²) in [6, 6.07) is 5.80. The van der Waals surface area contributed by atoms with Crippen LogP contribution in [-0.2, 0) is 9.59 Å². The SMILES string of the molecule is CC(C)CC(NC(=O)C1(CC(=O)C2CCN2c2ccc(F)cc2)CCC1)B(O)O. The summed E-state index contributed by atoms with van der Waals surface area (Å²) >= 11 is 0. The number of amides is 1. The van der Waals surface area contributed by atoms with E-state index in [1.54, 1.807) is 12.1 Å². The van der Waals surface area contributed by atoms with Gasteiger partial charge in [-0.1, -0.05) is 20.3 Å². The zero-order chi connectivity index (χ0) is 21.2. The lowest BCUT2D eigenvalue weighted by atomic mass is 9.63. The lowest BCUT2D eigenvalue weighted by molar-refractivity contribution is -0.142. The van der Waals surface area contributed by atoms with Crippen molar-refractivity contribution in [2.45, 2.75) is 64.4 Å². The van der Waals surface area contributed by atoms with Crippen LogP contribution in [0.15, 0.2) is 24.3 Å². The highest BCUT2D eigenvalue weighted by molar-refractivity contribution is 6.43. The summed E-state index contributed by atoms with van der Waals surface area (Å²) in [5.41, 5.74) is 0.0501. The Kier molecular flexibility index (Phi) is 6.63. The minimum atomic E-state index is -1.63. The highest BCUT2D eigenvalue weighted by Crippen LogP contribution is 2.45. The Morgan fingerprint density at radius 3 is 2.38 bits per heavy atom. The standard InChI is InChI=1S/C21H30BFN2O4/c1-14(2)12-19(22(28)29)24-20(27)21(9-3-10-21)13-18(26)17-8-11-25(17)16-6-4-15(23)5-7-16/h4-7,14,17,19,28-29H,3,8-13H2,1-2H3,(H,24,27). The Hall–Kier alpha value is -1.93. The molecule has 1 saturated carbocycles. The zero-order valence-corrected chi connectivity index (χ0v) is 17.1. The number of nitrogens with one attached hydrogen (secondary N) is 1. The summed E-state index contributed by atoms with van der Waals surface area (Å²) in [6.45, 7) is 4.63. The van der Waals surface area contributed by atoms with Gasteiger partial charge in [-0.05, 0) is 55.9 Å². The van der Waals surface area contributed by atoms with Gasteiger partial charge in [0.25, 0.3) is 0 Å². The highest BCUT2D eigenvalue weighted by Gasteiger charge is 2.49.